The summed E-state index contributed by atoms with van der Waals surface area (Å²) in [5.74, 6) is 1.52. The highest BCUT2D eigenvalue weighted by atomic mass is 32.2. The largest absolute Gasteiger partial charge is 0.342 e. The van der Waals surface area contributed by atoms with Gasteiger partial charge in [0.05, 0.1) is 6.04 Å². The van der Waals surface area contributed by atoms with E-state index in [1.165, 1.54) is 5.56 Å². The molecule has 1 aromatic carbocycles. The van der Waals surface area contributed by atoms with Crippen molar-refractivity contribution >= 4 is 29.4 Å². The number of carbonyl (C=O) groups is 1. The van der Waals surface area contributed by atoms with Crippen molar-refractivity contribution in [1.29, 1.82) is 0 Å². The van der Waals surface area contributed by atoms with Crippen molar-refractivity contribution in [3.63, 3.8) is 0 Å². The average molecular weight is 460 g/mol. The first-order valence-corrected chi connectivity index (χ1v) is 12.4. The Morgan fingerprint density at radius 2 is 1.91 bits per heavy atom. The van der Waals surface area contributed by atoms with Crippen molar-refractivity contribution in [3.8, 4) is 5.69 Å². The number of pyridine rings is 1. The molecule has 0 spiro atoms. The number of fused-ring (bicyclic) bond motifs is 1. The summed E-state index contributed by atoms with van der Waals surface area (Å²) in [4.78, 5) is 12.9. The van der Waals surface area contributed by atoms with E-state index < -0.39 is 0 Å². The fourth-order valence-electron chi connectivity index (χ4n) is 4.03. The summed E-state index contributed by atoms with van der Waals surface area (Å²) in [5.41, 5.74) is 6.38. The molecule has 7 heteroatoms. The first-order valence-electron chi connectivity index (χ1n) is 11.0. The van der Waals surface area contributed by atoms with Crippen LogP contribution in [0, 0.1) is 20.8 Å². The van der Waals surface area contributed by atoms with E-state index in [1.807, 2.05) is 34.9 Å². The van der Waals surface area contributed by atoms with Gasteiger partial charge in [0.1, 0.15) is 0 Å². The Morgan fingerprint density at radius 3 is 2.67 bits per heavy atom. The molecule has 1 unspecified atom stereocenters. The maximum Gasteiger partial charge on any atom is 0.244 e. The Morgan fingerprint density at radius 1 is 1.12 bits per heavy atom. The lowest BCUT2D eigenvalue weighted by atomic mass is 10.2. The van der Waals surface area contributed by atoms with Gasteiger partial charge < -0.3 is 9.88 Å². The van der Waals surface area contributed by atoms with Gasteiger partial charge in [-0.3, -0.25) is 9.20 Å². The molecule has 0 aliphatic heterocycles. The predicted octanol–water partition coefficient (Wildman–Crippen LogP) is 5.07. The minimum atomic E-state index is -0.216. The summed E-state index contributed by atoms with van der Waals surface area (Å²) in [6.07, 6.45) is 8.26. The van der Waals surface area contributed by atoms with Crippen LogP contribution < -0.4 is 5.32 Å². The molecule has 4 rings (SSSR count). The third kappa shape index (κ3) is 5.03. The topological polar surface area (TPSA) is 64.2 Å². The molecule has 6 nitrogen and oxygen atoms in total. The fourth-order valence-corrected chi connectivity index (χ4v) is 4.50. The van der Waals surface area contributed by atoms with Gasteiger partial charge in [0, 0.05) is 29.3 Å². The fraction of sp³-hybridized carbons (Fsp3) is 0.269. The van der Waals surface area contributed by atoms with Crippen molar-refractivity contribution in [1.82, 2.24) is 24.5 Å². The number of hydrogen-bond donors (Lipinski definition) is 1. The number of benzene rings is 1. The molecule has 0 bridgehead atoms. The third-order valence-electron chi connectivity index (χ3n) is 5.76. The van der Waals surface area contributed by atoms with Crippen LogP contribution in [0.5, 0.6) is 0 Å². The zero-order valence-corrected chi connectivity index (χ0v) is 20.3. The normalized spacial score (nSPS) is 12.5. The van der Waals surface area contributed by atoms with E-state index >= 15 is 0 Å². The maximum atomic E-state index is 12.9. The van der Waals surface area contributed by atoms with Crippen molar-refractivity contribution in [2.24, 2.45) is 0 Å². The van der Waals surface area contributed by atoms with Crippen LogP contribution in [0.4, 0.5) is 0 Å². The molecule has 0 aliphatic rings. The SMILES string of the molecule is CSCCC(NC(=O)/C=C/c1cc(C)n(-c2ccc(C)cc2)c1C)c1nnc2ccccn12. The van der Waals surface area contributed by atoms with Gasteiger partial charge in [-0.15, -0.1) is 10.2 Å². The van der Waals surface area contributed by atoms with Gasteiger partial charge in [0.25, 0.3) is 0 Å². The average Bonchev–Trinajstić information content (AvgIpc) is 3.36. The van der Waals surface area contributed by atoms with Gasteiger partial charge in [0.15, 0.2) is 11.5 Å². The molecule has 3 heterocycles. The van der Waals surface area contributed by atoms with Crippen LogP contribution in [-0.4, -0.2) is 37.1 Å². The van der Waals surface area contributed by atoms with Crippen LogP contribution >= 0.6 is 11.8 Å². The molecular weight excluding hydrogens is 430 g/mol. The standard InChI is InChI=1S/C26H29N5OS/c1-18-8-11-22(12-9-18)31-19(2)17-21(20(31)3)10-13-25(32)27-23(14-16-33-4)26-29-28-24-7-5-6-15-30(24)26/h5-13,15,17,23H,14,16H2,1-4H3,(H,27,32)/b13-10+. The van der Waals surface area contributed by atoms with E-state index in [9.17, 15) is 4.79 Å². The molecule has 1 amide bonds. The Kier molecular flexibility index (Phi) is 6.99. The zero-order chi connectivity index (χ0) is 23.4. The summed E-state index contributed by atoms with van der Waals surface area (Å²) in [6.45, 7) is 6.24. The highest BCUT2D eigenvalue weighted by molar-refractivity contribution is 7.98. The molecule has 1 N–H and O–H groups in total. The molecule has 0 saturated heterocycles. The predicted molar refractivity (Wildman–Crippen MR) is 136 cm³/mol. The van der Waals surface area contributed by atoms with E-state index in [4.69, 9.17) is 0 Å². The van der Waals surface area contributed by atoms with Crippen LogP contribution in [0.2, 0.25) is 0 Å². The zero-order valence-electron chi connectivity index (χ0n) is 19.4. The number of nitrogens with zero attached hydrogens (tertiary/aromatic N) is 4. The number of carbonyl (C=O) groups excluding carboxylic acids is 1. The summed E-state index contributed by atoms with van der Waals surface area (Å²) in [7, 11) is 0. The van der Waals surface area contributed by atoms with E-state index in [0.717, 1.165) is 46.3 Å². The third-order valence-corrected chi connectivity index (χ3v) is 6.40. The van der Waals surface area contributed by atoms with E-state index in [1.54, 1.807) is 17.8 Å². The molecule has 1 atom stereocenters. The molecule has 4 aromatic rings. The van der Waals surface area contributed by atoms with Crippen molar-refractivity contribution in [2.45, 2.75) is 33.2 Å². The lowest BCUT2D eigenvalue weighted by Gasteiger charge is -2.16. The van der Waals surface area contributed by atoms with E-state index in [0.29, 0.717) is 0 Å². The van der Waals surface area contributed by atoms with Crippen LogP contribution in [0.3, 0.4) is 0 Å². The Balaban J connectivity index is 1.54. The highest BCUT2D eigenvalue weighted by Crippen LogP contribution is 2.23. The summed E-state index contributed by atoms with van der Waals surface area (Å²) in [6, 6.07) is 16.1. The van der Waals surface area contributed by atoms with Crippen molar-refractivity contribution < 1.29 is 4.79 Å². The van der Waals surface area contributed by atoms with Crippen LogP contribution in [-0.2, 0) is 4.79 Å². The Hall–Kier alpha value is -3.32. The first kappa shape index (κ1) is 22.9. The monoisotopic (exact) mass is 459 g/mol. The van der Waals surface area contributed by atoms with Crippen molar-refractivity contribution in [3.05, 3.63) is 89.1 Å². The summed E-state index contributed by atoms with van der Waals surface area (Å²) >= 11 is 1.75. The number of amides is 1. The van der Waals surface area contributed by atoms with Crippen LogP contribution in [0.25, 0.3) is 17.4 Å². The number of thioether (sulfide) groups is 1. The smallest absolute Gasteiger partial charge is 0.244 e. The molecule has 0 fully saturated rings. The molecule has 0 radical (unpaired) electrons. The second kappa shape index (κ2) is 10.1. The lowest BCUT2D eigenvalue weighted by molar-refractivity contribution is -0.117. The lowest BCUT2D eigenvalue weighted by Crippen LogP contribution is -2.29. The van der Waals surface area contributed by atoms with Crippen LogP contribution in [0.15, 0.2) is 60.8 Å². The van der Waals surface area contributed by atoms with Gasteiger partial charge in [0.2, 0.25) is 5.91 Å². The second-order valence-electron chi connectivity index (χ2n) is 8.16. The Labute approximate surface area is 198 Å². The van der Waals surface area contributed by atoms with Gasteiger partial charge in [-0.2, -0.15) is 11.8 Å². The Bertz CT molecular complexity index is 1290. The molecule has 33 heavy (non-hydrogen) atoms. The number of nitrogens with one attached hydrogen (secondary N) is 1. The summed E-state index contributed by atoms with van der Waals surface area (Å²) < 4.78 is 4.14. The molecule has 3 aromatic heterocycles. The summed E-state index contributed by atoms with van der Waals surface area (Å²) in [5, 5.41) is 11.7. The number of aromatic nitrogens is 4. The van der Waals surface area contributed by atoms with E-state index in [-0.39, 0.29) is 11.9 Å². The maximum absolute atomic E-state index is 12.9. The number of hydrogen-bond acceptors (Lipinski definition) is 4. The minimum absolute atomic E-state index is 0.145. The molecule has 0 aliphatic carbocycles. The van der Waals surface area contributed by atoms with Gasteiger partial charge in [-0.25, -0.2) is 0 Å². The second-order valence-corrected chi connectivity index (χ2v) is 9.15. The molecule has 170 valence electrons. The van der Waals surface area contributed by atoms with Gasteiger partial charge in [-0.1, -0.05) is 23.8 Å². The highest BCUT2D eigenvalue weighted by Gasteiger charge is 2.19. The van der Waals surface area contributed by atoms with Crippen molar-refractivity contribution in [2.75, 3.05) is 12.0 Å². The van der Waals surface area contributed by atoms with Gasteiger partial charge in [-0.05, 0) is 81.2 Å². The number of rotatable bonds is 8. The quantitative estimate of drug-likeness (QED) is 0.374. The molecule has 0 saturated carbocycles. The van der Waals surface area contributed by atoms with Crippen LogP contribution in [0.1, 0.15) is 40.8 Å². The minimum Gasteiger partial charge on any atom is -0.342 e. The first-order chi connectivity index (χ1) is 16.0. The number of aryl methyl sites for hydroxylation is 2. The molecular formula is C26H29N5OS. The van der Waals surface area contributed by atoms with E-state index in [2.05, 4.69) is 77.4 Å². The van der Waals surface area contributed by atoms with Gasteiger partial charge >= 0.3 is 0 Å².